The van der Waals surface area contributed by atoms with Crippen LogP contribution >= 0.6 is 0 Å². The third-order valence-electron chi connectivity index (χ3n) is 5.80. The van der Waals surface area contributed by atoms with Gasteiger partial charge in [-0.15, -0.1) is 0 Å². The Morgan fingerprint density at radius 3 is 2.90 bits per heavy atom. The molecule has 2 aliphatic heterocycles. The minimum Gasteiger partial charge on any atom is -0.493 e. The molecule has 3 aromatic rings. The van der Waals surface area contributed by atoms with E-state index in [1.807, 2.05) is 21.6 Å². The summed E-state index contributed by atoms with van der Waals surface area (Å²) in [6, 6.07) is 6.22. The predicted octanol–water partition coefficient (Wildman–Crippen LogP) is 4.42. The zero-order valence-electron chi connectivity index (χ0n) is 17.8. The quantitative estimate of drug-likeness (QED) is 0.594. The van der Waals surface area contributed by atoms with Crippen LogP contribution in [0.1, 0.15) is 45.8 Å². The number of hydrogen-bond donors (Lipinski definition) is 0. The van der Waals surface area contributed by atoms with Crippen molar-refractivity contribution in [2.75, 3.05) is 26.4 Å². The van der Waals surface area contributed by atoms with Gasteiger partial charge in [0.2, 0.25) is 0 Å². The molecule has 160 valence electrons. The molecule has 0 amide bonds. The number of aromatic nitrogens is 4. The average molecular weight is 411 g/mol. The van der Waals surface area contributed by atoms with Gasteiger partial charge in [0, 0.05) is 48.7 Å². The maximum atomic E-state index is 6.04. The van der Waals surface area contributed by atoms with E-state index in [9.17, 15) is 0 Å². The van der Waals surface area contributed by atoms with Gasteiger partial charge in [0.05, 0.1) is 24.9 Å². The first-order valence-corrected chi connectivity index (χ1v) is 11.0. The second kappa shape index (κ2) is 8.04. The van der Waals surface area contributed by atoms with Gasteiger partial charge in [0.1, 0.15) is 11.4 Å². The summed E-state index contributed by atoms with van der Waals surface area (Å²) < 4.78 is 22.0. The van der Waals surface area contributed by atoms with E-state index in [0.29, 0.717) is 19.8 Å². The lowest BCUT2D eigenvalue weighted by Gasteiger charge is -2.24. The molecule has 0 radical (unpaired) electrons. The van der Waals surface area contributed by atoms with Crippen molar-refractivity contribution in [3.05, 3.63) is 30.6 Å². The zero-order chi connectivity index (χ0) is 20.6. The first-order valence-electron chi connectivity index (χ1n) is 11.0. The summed E-state index contributed by atoms with van der Waals surface area (Å²) in [5.74, 6) is 0.857. The molecule has 2 aliphatic rings. The highest BCUT2D eigenvalue weighted by molar-refractivity contribution is 5.94. The molecule has 4 bridgehead atoms. The summed E-state index contributed by atoms with van der Waals surface area (Å²) in [7, 11) is 0. The van der Waals surface area contributed by atoms with Crippen LogP contribution in [0.15, 0.2) is 30.6 Å². The van der Waals surface area contributed by atoms with Crippen molar-refractivity contribution in [1.82, 2.24) is 19.6 Å². The molecule has 0 N–H and O–H groups in total. The first kappa shape index (κ1) is 19.6. The second-order valence-corrected chi connectivity index (χ2v) is 9.14. The van der Waals surface area contributed by atoms with E-state index in [-0.39, 0.29) is 11.6 Å². The Hall–Kier alpha value is -2.38. The number of fused-ring (bicyclic) bond motifs is 4. The van der Waals surface area contributed by atoms with Crippen molar-refractivity contribution < 1.29 is 14.2 Å². The van der Waals surface area contributed by atoms with Gasteiger partial charge < -0.3 is 14.2 Å². The summed E-state index contributed by atoms with van der Waals surface area (Å²) >= 11 is 0. The highest BCUT2D eigenvalue weighted by Gasteiger charge is 2.24. The Balaban J connectivity index is 1.59. The molecule has 0 aliphatic carbocycles. The van der Waals surface area contributed by atoms with Gasteiger partial charge in [-0.1, -0.05) is 13.8 Å². The van der Waals surface area contributed by atoms with Crippen LogP contribution in [-0.4, -0.2) is 46.0 Å². The largest absolute Gasteiger partial charge is 0.493 e. The molecule has 0 spiro atoms. The zero-order valence-corrected chi connectivity index (χ0v) is 17.8. The molecular weight excluding hydrogens is 380 g/mol. The topological polar surface area (TPSA) is 63.3 Å². The van der Waals surface area contributed by atoms with Crippen LogP contribution in [0.25, 0.3) is 22.2 Å². The highest BCUT2D eigenvalue weighted by Crippen LogP contribution is 2.35. The Morgan fingerprint density at radius 2 is 2.03 bits per heavy atom. The number of benzene rings is 1. The monoisotopic (exact) mass is 410 g/mol. The van der Waals surface area contributed by atoms with Crippen LogP contribution in [0.2, 0.25) is 0 Å². The third-order valence-corrected chi connectivity index (χ3v) is 5.80. The average Bonchev–Trinajstić information content (AvgIpc) is 3.34. The van der Waals surface area contributed by atoms with E-state index in [2.05, 4.69) is 37.3 Å². The van der Waals surface area contributed by atoms with Gasteiger partial charge >= 0.3 is 0 Å². The molecule has 7 heteroatoms. The van der Waals surface area contributed by atoms with Crippen molar-refractivity contribution in [3.63, 3.8) is 0 Å². The van der Waals surface area contributed by atoms with Crippen molar-refractivity contribution >= 4 is 10.9 Å². The Bertz CT molecular complexity index is 1020. The summed E-state index contributed by atoms with van der Waals surface area (Å²) in [4.78, 5) is 0. The van der Waals surface area contributed by atoms with Crippen LogP contribution in [-0.2, 0) is 16.0 Å². The third kappa shape index (κ3) is 3.96. The van der Waals surface area contributed by atoms with Crippen molar-refractivity contribution in [2.24, 2.45) is 5.41 Å². The lowest BCUT2D eigenvalue weighted by Crippen LogP contribution is -2.26. The van der Waals surface area contributed by atoms with Gasteiger partial charge in [-0.2, -0.15) is 10.2 Å². The van der Waals surface area contributed by atoms with E-state index in [0.717, 1.165) is 66.7 Å². The predicted molar refractivity (Wildman–Crippen MR) is 115 cm³/mol. The maximum Gasteiger partial charge on any atom is 0.150 e. The fourth-order valence-electron chi connectivity index (χ4n) is 4.32. The van der Waals surface area contributed by atoms with E-state index < -0.39 is 0 Å². The molecule has 1 aromatic carbocycles. The van der Waals surface area contributed by atoms with E-state index in [1.165, 1.54) is 0 Å². The van der Waals surface area contributed by atoms with Gasteiger partial charge in [-0.3, -0.25) is 4.68 Å². The van der Waals surface area contributed by atoms with Gasteiger partial charge in [-0.05, 0) is 37.5 Å². The molecule has 1 atom stereocenters. The van der Waals surface area contributed by atoms with Gasteiger partial charge in [-0.25, -0.2) is 4.68 Å². The summed E-state index contributed by atoms with van der Waals surface area (Å²) in [6.45, 7) is 8.01. The van der Waals surface area contributed by atoms with Crippen LogP contribution in [0.3, 0.4) is 0 Å². The molecule has 7 nitrogen and oxygen atoms in total. The SMILES string of the molecule is CC1(C)COCCCOc2ccc3c(c2)c(nn3C2CCCCO2)-c2cnn(c2)C1. The van der Waals surface area contributed by atoms with Crippen LogP contribution in [0.4, 0.5) is 0 Å². The standard InChI is InChI=1S/C23H30N4O3/c1-23(2)15-26-14-17(13-24-26)22-19-12-18(29-11-5-9-28-16-23)7-8-20(19)27(25-22)21-6-3-4-10-30-21/h7-8,12-14,21H,3-6,9-11,15-16H2,1-2H3. The highest BCUT2D eigenvalue weighted by atomic mass is 16.5. The fourth-order valence-corrected chi connectivity index (χ4v) is 4.32. The molecule has 5 rings (SSSR count). The number of nitrogens with zero attached hydrogens (tertiary/aromatic N) is 4. The van der Waals surface area contributed by atoms with Crippen LogP contribution in [0.5, 0.6) is 5.75 Å². The lowest BCUT2D eigenvalue weighted by atomic mass is 9.95. The lowest BCUT2D eigenvalue weighted by molar-refractivity contribution is -0.0365. The van der Waals surface area contributed by atoms with E-state index in [1.54, 1.807) is 0 Å². The van der Waals surface area contributed by atoms with Gasteiger partial charge in [0.25, 0.3) is 0 Å². The molecule has 1 saturated heterocycles. The summed E-state index contributed by atoms with van der Waals surface area (Å²) in [5.41, 5.74) is 3.01. The number of ether oxygens (including phenoxy) is 3. The van der Waals surface area contributed by atoms with E-state index >= 15 is 0 Å². The van der Waals surface area contributed by atoms with Crippen molar-refractivity contribution in [3.8, 4) is 17.0 Å². The van der Waals surface area contributed by atoms with Gasteiger partial charge in [0.15, 0.2) is 6.23 Å². The maximum absolute atomic E-state index is 6.04. The molecule has 4 heterocycles. The minimum atomic E-state index is -0.0153. The molecule has 1 unspecified atom stereocenters. The Kier molecular flexibility index (Phi) is 5.25. The summed E-state index contributed by atoms with van der Waals surface area (Å²) in [6.07, 6.45) is 8.11. The summed E-state index contributed by atoms with van der Waals surface area (Å²) in [5, 5.41) is 10.7. The molecule has 2 aromatic heterocycles. The van der Waals surface area contributed by atoms with Crippen molar-refractivity contribution in [2.45, 2.75) is 52.3 Å². The van der Waals surface area contributed by atoms with Crippen LogP contribution < -0.4 is 4.74 Å². The fraction of sp³-hybridized carbons (Fsp3) is 0.565. The minimum absolute atomic E-state index is 0.00740. The van der Waals surface area contributed by atoms with Crippen molar-refractivity contribution in [1.29, 1.82) is 0 Å². The smallest absolute Gasteiger partial charge is 0.150 e. The molecule has 0 saturated carbocycles. The molecule has 1 fully saturated rings. The Labute approximate surface area is 176 Å². The first-order chi connectivity index (χ1) is 14.6. The van der Waals surface area contributed by atoms with E-state index in [4.69, 9.17) is 19.3 Å². The Morgan fingerprint density at radius 1 is 1.10 bits per heavy atom. The number of rotatable bonds is 1. The van der Waals surface area contributed by atoms with Crippen LogP contribution in [0, 0.1) is 5.41 Å². The molecule has 30 heavy (non-hydrogen) atoms. The number of hydrogen-bond acceptors (Lipinski definition) is 5. The molecular formula is C23H30N4O3. The normalized spacial score (nSPS) is 22.4. The second-order valence-electron chi connectivity index (χ2n) is 9.14.